The Bertz CT molecular complexity index is 1460. The smallest absolute Gasteiger partial charge is 0.326 e. The highest BCUT2D eigenvalue weighted by Crippen LogP contribution is 2.46. The molecule has 39 heavy (non-hydrogen) atoms. The summed E-state index contributed by atoms with van der Waals surface area (Å²) in [5, 5.41) is 16.1. The highest BCUT2D eigenvalue weighted by atomic mass is 16.4. The largest absolute Gasteiger partial charge is 0.480 e. The molecule has 5 rings (SSSR count). The fourth-order valence-corrected chi connectivity index (χ4v) is 5.85. The van der Waals surface area contributed by atoms with Gasteiger partial charge in [0, 0.05) is 28.6 Å². The monoisotopic (exact) mass is 530 g/mol. The molecule has 5 atom stereocenters. The first-order chi connectivity index (χ1) is 18.6. The Morgan fingerprint density at radius 3 is 2.41 bits per heavy atom. The molecule has 204 valence electrons. The van der Waals surface area contributed by atoms with Crippen LogP contribution in [0.25, 0.3) is 10.9 Å². The highest BCUT2D eigenvalue weighted by Gasteiger charge is 2.49. The van der Waals surface area contributed by atoms with Crippen LogP contribution >= 0.6 is 0 Å². The van der Waals surface area contributed by atoms with Gasteiger partial charge in [-0.3, -0.25) is 14.4 Å². The molecule has 9 heteroatoms. The maximum atomic E-state index is 13.9. The Kier molecular flexibility index (Phi) is 6.92. The molecule has 1 aromatic heterocycles. The summed E-state index contributed by atoms with van der Waals surface area (Å²) >= 11 is 0. The number of benzene rings is 2. The summed E-state index contributed by atoms with van der Waals surface area (Å²) in [5.41, 5.74) is 4.20. The summed E-state index contributed by atoms with van der Waals surface area (Å²) < 4.78 is 0. The summed E-state index contributed by atoms with van der Waals surface area (Å²) in [7, 11) is 0. The zero-order chi connectivity index (χ0) is 28.0. The van der Waals surface area contributed by atoms with Gasteiger partial charge in [-0.25, -0.2) is 4.79 Å². The number of aliphatic carboxylic acids is 1. The van der Waals surface area contributed by atoms with E-state index in [9.17, 15) is 24.3 Å². The predicted octanol–water partition coefficient (Wildman–Crippen LogP) is 3.39. The van der Waals surface area contributed by atoms with Gasteiger partial charge in [0.25, 0.3) is 5.91 Å². The van der Waals surface area contributed by atoms with Crippen LogP contribution in [0.2, 0.25) is 0 Å². The number of carboxylic acids is 1. The topological polar surface area (TPSA) is 132 Å². The Morgan fingerprint density at radius 1 is 1.03 bits per heavy atom. The number of nitrogens with zero attached hydrogens (tertiary/aromatic N) is 1. The molecule has 3 heterocycles. The Morgan fingerprint density at radius 2 is 1.72 bits per heavy atom. The van der Waals surface area contributed by atoms with E-state index in [1.165, 1.54) is 0 Å². The molecule has 2 aliphatic rings. The van der Waals surface area contributed by atoms with E-state index in [0.717, 1.165) is 27.7 Å². The van der Waals surface area contributed by atoms with Crippen LogP contribution < -0.4 is 10.6 Å². The normalized spacial score (nSPS) is 20.1. The number of para-hydroxylation sites is 1. The van der Waals surface area contributed by atoms with Gasteiger partial charge in [0.15, 0.2) is 0 Å². The number of amides is 3. The quantitative estimate of drug-likeness (QED) is 0.355. The van der Waals surface area contributed by atoms with E-state index in [1.54, 1.807) is 31.7 Å². The number of nitrogens with one attached hydrogen (secondary N) is 3. The lowest BCUT2D eigenvalue weighted by Gasteiger charge is -2.38. The SMILES string of the molecule is CC[C@H](C)[C@H](NC(=O)[C@@H](NC(=O)[C@@H]1Cc2c([nH]c3ccccc23)[C@@H]2c3ccccc3C(=O)N21)C(C)C)C(=O)O. The average Bonchev–Trinajstić information content (AvgIpc) is 3.44. The lowest BCUT2D eigenvalue weighted by atomic mass is 9.89. The maximum absolute atomic E-state index is 13.9. The minimum Gasteiger partial charge on any atom is -0.480 e. The summed E-state index contributed by atoms with van der Waals surface area (Å²) in [5.74, 6) is -2.93. The van der Waals surface area contributed by atoms with Crippen LogP contribution in [0.15, 0.2) is 48.5 Å². The maximum Gasteiger partial charge on any atom is 0.326 e. The second-order valence-corrected chi connectivity index (χ2v) is 10.9. The number of aromatic nitrogens is 1. The molecule has 4 N–H and O–H groups in total. The summed E-state index contributed by atoms with van der Waals surface area (Å²) in [6.07, 6.45) is 0.864. The van der Waals surface area contributed by atoms with Crippen molar-refractivity contribution in [2.24, 2.45) is 11.8 Å². The Hall–Kier alpha value is -4.14. The zero-order valence-electron chi connectivity index (χ0n) is 22.5. The first-order valence-corrected chi connectivity index (χ1v) is 13.5. The van der Waals surface area contributed by atoms with Crippen LogP contribution in [0.3, 0.4) is 0 Å². The van der Waals surface area contributed by atoms with Crippen molar-refractivity contribution < 1.29 is 24.3 Å². The molecule has 0 spiro atoms. The molecular formula is C30H34N4O5. The number of carboxylic acid groups (broad SMARTS) is 1. The van der Waals surface area contributed by atoms with E-state index in [-0.39, 0.29) is 17.7 Å². The van der Waals surface area contributed by atoms with Gasteiger partial charge in [-0.05, 0) is 35.1 Å². The van der Waals surface area contributed by atoms with Crippen LogP contribution in [0.5, 0.6) is 0 Å². The van der Waals surface area contributed by atoms with Crippen molar-refractivity contribution in [3.63, 3.8) is 0 Å². The molecule has 0 radical (unpaired) electrons. The minimum absolute atomic E-state index is 0.228. The molecule has 2 aliphatic heterocycles. The summed E-state index contributed by atoms with van der Waals surface area (Å²) in [6.45, 7) is 7.21. The van der Waals surface area contributed by atoms with Gasteiger partial charge in [-0.2, -0.15) is 0 Å². The lowest BCUT2D eigenvalue weighted by molar-refractivity contribution is -0.144. The zero-order valence-corrected chi connectivity index (χ0v) is 22.5. The Balaban J connectivity index is 1.49. The number of carbonyl (C=O) groups is 4. The molecule has 0 aliphatic carbocycles. The lowest BCUT2D eigenvalue weighted by Crippen LogP contribution is -2.59. The van der Waals surface area contributed by atoms with Crippen molar-refractivity contribution >= 4 is 34.6 Å². The van der Waals surface area contributed by atoms with E-state index in [2.05, 4.69) is 15.6 Å². The predicted molar refractivity (Wildman–Crippen MR) is 146 cm³/mol. The number of fused-ring (bicyclic) bond motifs is 7. The average molecular weight is 531 g/mol. The van der Waals surface area contributed by atoms with Crippen LogP contribution in [0, 0.1) is 11.8 Å². The van der Waals surface area contributed by atoms with Gasteiger partial charge in [-0.15, -0.1) is 0 Å². The number of rotatable bonds is 8. The number of carbonyl (C=O) groups excluding carboxylic acids is 3. The third kappa shape index (κ3) is 4.45. The van der Waals surface area contributed by atoms with E-state index in [1.807, 2.05) is 49.4 Å². The fraction of sp³-hybridized carbons (Fsp3) is 0.400. The fourth-order valence-electron chi connectivity index (χ4n) is 5.85. The third-order valence-electron chi connectivity index (χ3n) is 8.18. The van der Waals surface area contributed by atoms with Gasteiger partial charge in [0.05, 0.1) is 6.04 Å². The number of hydrogen-bond acceptors (Lipinski definition) is 4. The van der Waals surface area contributed by atoms with Crippen LogP contribution in [0.1, 0.15) is 67.3 Å². The van der Waals surface area contributed by atoms with Gasteiger partial charge in [-0.1, -0.05) is 70.5 Å². The third-order valence-corrected chi connectivity index (χ3v) is 8.18. The molecule has 0 saturated carbocycles. The molecule has 0 bridgehead atoms. The second-order valence-electron chi connectivity index (χ2n) is 10.9. The van der Waals surface area contributed by atoms with E-state index < -0.39 is 42.0 Å². The molecule has 3 aromatic rings. The molecule has 0 fully saturated rings. The van der Waals surface area contributed by atoms with Crippen LogP contribution in [-0.4, -0.2) is 56.8 Å². The van der Waals surface area contributed by atoms with E-state index >= 15 is 0 Å². The van der Waals surface area contributed by atoms with Crippen molar-refractivity contribution in [2.45, 2.75) is 64.7 Å². The van der Waals surface area contributed by atoms with Crippen molar-refractivity contribution in [3.05, 3.63) is 70.9 Å². The van der Waals surface area contributed by atoms with Crippen LogP contribution in [0.4, 0.5) is 0 Å². The van der Waals surface area contributed by atoms with Gasteiger partial charge >= 0.3 is 5.97 Å². The van der Waals surface area contributed by atoms with Gasteiger partial charge in [0.2, 0.25) is 11.8 Å². The van der Waals surface area contributed by atoms with Gasteiger partial charge < -0.3 is 25.6 Å². The second kappa shape index (κ2) is 10.2. The first kappa shape index (κ1) is 26.5. The molecule has 3 amide bonds. The molecule has 2 aromatic carbocycles. The minimum atomic E-state index is -1.12. The summed E-state index contributed by atoms with van der Waals surface area (Å²) in [4.78, 5) is 57.8. The van der Waals surface area contributed by atoms with Crippen molar-refractivity contribution in [2.75, 3.05) is 0 Å². The molecule has 0 unspecified atom stereocenters. The van der Waals surface area contributed by atoms with Gasteiger partial charge in [0.1, 0.15) is 18.1 Å². The first-order valence-electron chi connectivity index (χ1n) is 13.5. The number of aromatic amines is 1. The van der Waals surface area contributed by atoms with E-state index in [0.29, 0.717) is 18.4 Å². The van der Waals surface area contributed by atoms with Crippen LogP contribution in [-0.2, 0) is 20.8 Å². The number of H-pyrrole nitrogens is 1. The van der Waals surface area contributed by atoms with E-state index in [4.69, 9.17) is 0 Å². The standard InChI is InChI=1S/C30H34N4O5/c1-5-16(4)24(30(38)39)33-28(36)23(15(2)3)32-27(35)22-14-20-17-10-8-9-13-21(17)31-25(20)26-18-11-6-7-12-19(18)29(37)34(22)26/h6-13,15-16,22-24,26,31H,5,14H2,1-4H3,(H,32,35)(H,33,36)(H,38,39)/t16-,22-,23-,24-,26-/m0/s1. The van der Waals surface area contributed by atoms with Crippen molar-refractivity contribution in [1.29, 1.82) is 0 Å². The molecule has 9 nitrogen and oxygen atoms in total. The highest BCUT2D eigenvalue weighted by molar-refractivity contribution is 6.04. The number of hydrogen-bond donors (Lipinski definition) is 4. The van der Waals surface area contributed by atoms with Crippen molar-refractivity contribution in [3.8, 4) is 0 Å². The Labute approximate surface area is 227 Å². The molecular weight excluding hydrogens is 496 g/mol. The van der Waals surface area contributed by atoms with Crippen molar-refractivity contribution in [1.82, 2.24) is 20.5 Å². The summed E-state index contributed by atoms with van der Waals surface area (Å²) in [6, 6.07) is 11.9. The molecule has 0 saturated heterocycles.